The van der Waals surface area contributed by atoms with E-state index in [1.165, 1.54) is 17.8 Å². The van der Waals surface area contributed by atoms with Gasteiger partial charge in [-0.05, 0) is 30.3 Å². The summed E-state index contributed by atoms with van der Waals surface area (Å²) in [7, 11) is 1.57. The Kier molecular flexibility index (Phi) is 4.93. The Hall–Kier alpha value is -1.92. The number of nitrogens with zero attached hydrogens (tertiary/aromatic N) is 1. The maximum Gasteiger partial charge on any atom is 0.274 e. The summed E-state index contributed by atoms with van der Waals surface area (Å²) in [4.78, 5) is 11.4. The minimum Gasteiger partial charge on any atom is -0.497 e. The molecule has 0 aliphatic heterocycles. The third kappa shape index (κ3) is 3.80. The molecule has 7 heteroatoms. The van der Waals surface area contributed by atoms with Crippen LogP contribution in [-0.2, 0) is 5.75 Å². The van der Waals surface area contributed by atoms with Crippen molar-refractivity contribution < 1.29 is 9.66 Å². The predicted molar refractivity (Wildman–Crippen MR) is 85.1 cm³/mol. The number of halogens is 1. The van der Waals surface area contributed by atoms with Crippen LogP contribution in [0, 0.1) is 10.1 Å². The molecule has 0 fully saturated rings. The summed E-state index contributed by atoms with van der Waals surface area (Å²) in [5.74, 6) is 1.11. The van der Waals surface area contributed by atoms with Crippen molar-refractivity contribution in [2.24, 2.45) is 0 Å². The molecule has 0 saturated carbocycles. The first-order chi connectivity index (χ1) is 10.0. The molecule has 0 atom stereocenters. The van der Waals surface area contributed by atoms with Crippen molar-refractivity contribution in [1.82, 2.24) is 0 Å². The van der Waals surface area contributed by atoms with Crippen LogP contribution in [-0.4, -0.2) is 12.0 Å². The number of nitrogens with two attached hydrogens (primary N) is 1. The highest BCUT2D eigenvalue weighted by Gasteiger charge is 2.15. The van der Waals surface area contributed by atoms with Crippen molar-refractivity contribution in [3.8, 4) is 5.75 Å². The van der Waals surface area contributed by atoms with E-state index in [2.05, 4.69) is 0 Å². The molecule has 0 unspecified atom stereocenters. The van der Waals surface area contributed by atoms with Crippen LogP contribution in [0.4, 0.5) is 11.4 Å². The van der Waals surface area contributed by atoms with Gasteiger partial charge in [0.2, 0.25) is 0 Å². The van der Waals surface area contributed by atoms with Crippen LogP contribution in [0.5, 0.6) is 5.75 Å². The molecule has 2 N–H and O–H groups in total. The summed E-state index contributed by atoms with van der Waals surface area (Å²) in [5.41, 5.74) is 7.11. The lowest BCUT2D eigenvalue weighted by Gasteiger charge is -2.08. The van der Waals surface area contributed by atoms with Crippen LogP contribution in [0.1, 0.15) is 5.56 Å². The molecule has 0 saturated heterocycles. The van der Waals surface area contributed by atoms with Crippen molar-refractivity contribution in [3.63, 3.8) is 0 Å². The van der Waals surface area contributed by atoms with Gasteiger partial charge in [-0.3, -0.25) is 10.1 Å². The fourth-order valence-corrected chi connectivity index (χ4v) is 2.91. The van der Waals surface area contributed by atoms with Gasteiger partial charge in [0.25, 0.3) is 5.69 Å². The average molecular weight is 325 g/mol. The number of nitrogen functional groups attached to an aromatic ring is 1. The minimum atomic E-state index is -0.434. The minimum absolute atomic E-state index is 0.0106. The van der Waals surface area contributed by atoms with Crippen molar-refractivity contribution >= 4 is 34.7 Å². The molecule has 0 heterocycles. The van der Waals surface area contributed by atoms with Gasteiger partial charge in [0.1, 0.15) is 5.75 Å². The van der Waals surface area contributed by atoms with Gasteiger partial charge < -0.3 is 10.5 Å². The second-order valence-corrected chi connectivity index (χ2v) is 5.68. The summed E-state index contributed by atoms with van der Waals surface area (Å²) in [6.45, 7) is 0. The number of ether oxygens (including phenoxy) is 1. The van der Waals surface area contributed by atoms with Gasteiger partial charge >= 0.3 is 0 Å². The van der Waals surface area contributed by atoms with Crippen LogP contribution < -0.4 is 10.5 Å². The SMILES string of the molecule is COc1ccc(N)c(SCc2ccc(Cl)cc2[N+](=O)[O-])c1. The highest BCUT2D eigenvalue weighted by molar-refractivity contribution is 7.98. The standard InChI is InChI=1S/C14H13ClN2O3S/c1-20-11-4-5-12(16)14(7-11)21-8-9-2-3-10(15)6-13(9)17(18)19/h2-7H,8,16H2,1H3. The molecule has 0 aromatic heterocycles. The zero-order valence-corrected chi connectivity index (χ0v) is 12.8. The highest BCUT2D eigenvalue weighted by atomic mass is 35.5. The van der Waals surface area contributed by atoms with Crippen LogP contribution in [0.3, 0.4) is 0 Å². The number of hydrogen-bond acceptors (Lipinski definition) is 5. The quantitative estimate of drug-likeness (QED) is 0.387. The van der Waals surface area contributed by atoms with E-state index < -0.39 is 4.92 Å². The molecule has 0 aliphatic carbocycles. The Labute approximate surface area is 131 Å². The van der Waals surface area contributed by atoms with Gasteiger partial charge in [0.05, 0.1) is 12.0 Å². The molecule has 0 bridgehead atoms. The van der Waals surface area contributed by atoms with E-state index >= 15 is 0 Å². The third-order valence-electron chi connectivity index (χ3n) is 2.85. The number of benzene rings is 2. The molecule has 2 aromatic rings. The lowest BCUT2D eigenvalue weighted by Crippen LogP contribution is -1.95. The molecule has 0 spiro atoms. The maximum absolute atomic E-state index is 11.0. The van der Waals surface area contributed by atoms with Gasteiger partial charge in [-0.2, -0.15) is 0 Å². The Bertz CT molecular complexity index is 679. The maximum atomic E-state index is 11.0. The summed E-state index contributed by atoms with van der Waals surface area (Å²) >= 11 is 7.21. The first-order valence-corrected chi connectivity index (χ1v) is 7.36. The number of anilines is 1. The van der Waals surface area contributed by atoms with Gasteiger partial charge in [0, 0.05) is 33.0 Å². The summed E-state index contributed by atoms with van der Waals surface area (Å²) in [6, 6.07) is 9.97. The van der Waals surface area contributed by atoms with E-state index in [-0.39, 0.29) is 5.69 Å². The second kappa shape index (κ2) is 6.69. The van der Waals surface area contributed by atoms with Crippen molar-refractivity contribution in [3.05, 3.63) is 57.1 Å². The Morgan fingerprint density at radius 2 is 2.10 bits per heavy atom. The van der Waals surface area contributed by atoms with E-state index in [0.29, 0.717) is 27.8 Å². The average Bonchev–Trinajstić information content (AvgIpc) is 2.47. The number of thioether (sulfide) groups is 1. The zero-order valence-electron chi connectivity index (χ0n) is 11.2. The van der Waals surface area contributed by atoms with Gasteiger partial charge in [-0.15, -0.1) is 11.8 Å². The highest BCUT2D eigenvalue weighted by Crippen LogP contribution is 2.34. The third-order valence-corrected chi connectivity index (χ3v) is 4.20. The van der Waals surface area contributed by atoms with Crippen LogP contribution >= 0.6 is 23.4 Å². The predicted octanol–water partition coefficient (Wildman–Crippen LogP) is 4.13. The smallest absolute Gasteiger partial charge is 0.274 e. The molecule has 2 rings (SSSR count). The van der Waals surface area contributed by atoms with E-state index in [4.69, 9.17) is 22.1 Å². The van der Waals surface area contributed by atoms with E-state index in [1.54, 1.807) is 31.4 Å². The van der Waals surface area contributed by atoms with E-state index in [9.17, 15) is 10.1 Å². The zero-order chi connectivity index (χ0) is 15.4. The molecular weight excluding hydrogens is 312 g/mol. The molecule has 2 aromatic carbocycles. The summed E-state index contributed by atoms with van der Waals surface area (Å²) < 4.78 is 5.15. The molecule has 21 heavy (non-hydrogen) atoms. The number of nitro groups is 1. The van der Waals surface area contributed by atoms with Gasteiger partial charge in [-0.1, -0.05) is 11.6 Å². The fourth-order valence-electron chi connectivity index (χ4n) is 1.75. The number of hydrogen-bond donors (Lipinski definition) is 1. The Balaban J connectivity index is 2.22. The molecule has 5 nitrogen and oxygen atoms in total. The van der Waals surface area contributed by atoms with E-state index in [0.717, 1.165) is 4.90 Å². The lowest BCUT2D eigenvalue weighted by atomic mass is 10.2. The number of methoxy groups -OCH3 is 1. The fraction of sp³-hybridized carbons (Fsp3) is 0.143. The van der Waals surface area contributed by atoms with Crippen LogP contribution in [0.15, 0.2) is 41.3 Å². The first-order valence-electron chi connectivity index (χ1n) is 6.00. The Morgan fingerprint density at radius 1 is 1.33 bits per heavy atom. The largest absolute Gasteiger partial charge is 0.497 e. The summed E-state index contributed by atoms with van der Waals surface area (Å²) in [5, 5.41) is 11.4. The van der Waals surface area contributed by atoms with Gasteiger partial charge in [-0.25, -0.2) is 0 Å². The molecule has 110 valence electrons. The normalized spacial score (nSPS) is 10.4. The molecule has 0 aliphatic rings. The molecule has 0 radical (unpaired) electrons. The number of nitro benzene ring substituents is 1. The van der Waals surface area contributed by atoms with Crippen molar-refractivity contribution in [2.75, 3.05) is 12.8 Å². The number of rotatable bonds is 5. The topological polar surface area (TPSA) is 78.4 Å². The Morgan fingerprint density at radius 3 is 2.76 bits per heavy atom. The first kappa shape index (κ1) is 15.5. The van der Waals surface area contributed by atoms with Crippen LogP contribution in [0.25, 0.3) is 0 Å². The lowest BCUT2D eigenvalue weighted by molar-refractivity contribution is -0.385. The molecule has 0 amide bonds. The van der Waals surface area contributed by atoms with Gasteiger partial charge in [0.15, 0.2) is 0 Å². The second-order valence-electron chi connectivity index (χ2n) is 4.22. The monoisotopic (exact) mass is 324 g/mol. The van der Waals surface area contributed by atoms with Crippen molar-refractivity contribution in [2.45, 2.75) is 10.6 Å². The summed E-state index contributed by atoms with van der Waals surface area (Å²) in [6.07, 6.45) is 0. The van der Waals surface area contributed by atoms with Crippen LogP contribution in [0.2, 0.25) is 5.02 Å². The molecular formula is C14H13ClN2O3S. The van der Waals surface area contributed by atoms with E-state index in [1.807, 2.05) is 6.07 Å². The van der Waals surface area contributed by atoms with Crippen molar-refractivity contribution in [1.29, 1.82) is 0 Å².